The van der Waals surface area contributed by atoms with E-state index in [-0.39, 0.29) is 0 Å². The predicted molar refractivity (Wildman–Crippen MR) is 54.2 cm³/mol. The molecule has 0 saturated carbocycles. The van der Waals surface area contributed by atoms with E-state index >= 15 is 0 Å². The smallest absolute Gasteiger partial charge is 0.359 e. The van der Waals surface area contributed by atoms with Gasteiger partial charge in [0.2, 0.25) is 0 Å². The first kappa shape index (κ1) is 11.0. The van der Waals surface area contributed by atoms with Gasteiger partial charge in [0.05, 0.1) is 0 Å². The Morgan fingerprint density at radius 3 is 2.47 bits per heavy atom. The van der Waals surface area contributed by atoms with Crippen molar-refractivity contribution in [3.8, 4) is 0 Å². The SMILES string of the molecule is CNC(=O)OC(=O)NCc1ccccc1. The summed E-state index contributed by atoms with van der Waals surface area (Å²) in [7, 11) is 1.38. The molecule has 0 aliphatic rings. The molecule has 80 valence electrons. The van der Waals surface area contributed by atoms with Crippen molar-refractivity contribution < 1.29 is 14.3 Å². The molecular weight excluding hydrogens is 196 g/mol. The van der Waals surface area contributed by atoms with Crippen molar-refractivity contribution >= 4 is 12.2 Å². The number of nitrogens with one attached hydrogen (secondary N) is 2. The topological polar surface area (TPSA) is 67.4 Å². The van der Waals surface area contributed by atoms with Gasteiger partial charge in [0.1, 0.15) is 0 Å². The Balaban J connectivity index is 2.32. The molecule has 5 nitrogen and oxygen atoms in total. The predicted octanol–water partition coefficient (Wildman–Crippen LogP) is 1.25. The van der Waals surface area contributed by atoms with Crippen LogP contribution in [0, 0.1) is 0 Å². The number of amides is 2. The van der Waals surface area contributed by atoms with Crippen molar-refractivity contribution in [2.24, 2.45) is 0 Å². The zero-order chi connectivity index (χ0) is 11.1. The highest BCUT2D eigenvalue weighted by Gasteiger charge is 2.06. The van der Waals surface area contributed by atoms with Gasteiger partial charge in [0, 0.05) is 13.6 Å². The van der Waals surface area contributed by atoms with Crippen LogP contribution in [-0.4, -0.2) is 19.2 Å². The largest absolute Gasteiger partial charge is 0.416 e. The molecule has 0 unspecified atom stereocenters. The molecule has 15 heavy (non-hydrogen) atoms. The molecule has 1 aromatic carbocycles. The lowest BCUT2D eigenvalue weighted by atomic mass is 10.2. The number of carbonyl (C=O) groups excluding carboxylic acids is 2. The Bertz CT molecular complexity index is 338. The molecule has 0 aromatic heterocycles. The molecule has 0 radical (unpaired) electrons. The summed E-state index contributed by atoms with van der Waals surface area (Å²) in [5, 5.41) is 4.61. The second-order valence-electron chi connectivity index (χ2n) is 2.77. The Hall–Kier alpha value is -2.04. The first-order valence-electron chi connectivity index (χ1n) is 4.43. The molecule has 0 saturated heterocycles. The van der Waals surface area contributed by atoms with E-state index in [9.17, 15) is 9.59 Å². The minimum Gasteiger partial charge on any atom is -0.359 e. The van der Waals surface area contributed by atoms with E-state index in [1.807, 2.05) is 30.3 Å². The fourth-order valence-corrected chi connectivity index (χ4v) is 0.941. The summed E-state index contributed by atoms with van der Waals surface area (Å²) < 4.78 is 4.32. The van der Waals surface area contributed by atoms with Gasteiger partial charge in [-0.05, 0) is 5.56 Å². The monoisotopic (exact) mass is 208 g/mol. The maximum absolute atomic E-state index is 11.0. The number of alkyl carbamates (subject to hydrolysis) is 2. The lowest BCUT2D eigenvalue weighted by Gasteiger charge is -2.04. The summed E-state index contributed by atoms with van der Waals surface area (Å²) in [4.78, 5) is 21.6. The van der Waals surface area contributed by atoms with Gasteiger partial charge < -0.3 is 15.4 Å². The third-order valence-corrected chi connectivity index (χ3v) is 1.67. The standard InChI is InChI=1S/C10H12N2O3/c1-11-9(13)15-10(14)12-7-8-5-3-2-4-6-8/h2-6H,7H2,1H3,(H,11,13)(H,12,14). The highest BCUT2D eigenvalue weighted by Crippen LogP contribution is 1.97. The zero-order valence-electron chi connectivity index (χ0n) is 8.32. The molecular formula is C10H12N2O3. The third-order valence-electron chi connectivity index (χ3n) is 1.67. The number of ether oxygens (including phenoxy) is 1. The average molecular weight is 208 g/mol. The van der Waals surface area contributed by atoms with Gasteiger partial charge in [-0.1, -0.05) is 30.3 Å². The summed E-state index contributed by atoms with van der Waals surface area (Å²) in [5.74, 6) is 0. The van der Waals surface area contributed by atoms with Gasteiger partial charge in [0.15, 0.2) is 0 Å². The van der Waals surface area contributed by atoms with Crippen LogP contribution in [0.3, 0.4) is 0 Å². The quantitative estimate of drug-likeness (QED) is 0.719. The van der Waals surface area contributed by atoms with E-state index in [0.29, 0.717) is 6.54 Å². The van der Waals surface area contributed by atoms with Crippen molar-refractivity contribution in [3.63, 3.8) is 0 Å². The second kappa shape index (κ2) is 5.64. The van der Waals surface area contributed by atoms with Crippen molar-refractivity contribution in [2.45, 2.75) is 6.54 Å². The molecule has 0 spiro atoms. The fraction of sp³-hybridized carbons (Fsp3) is 0.200. The maximum Gasteiger partial charge on any atom is 0.416 e. The van der Waals surface area contributed by atoms with Crippen LogP contribution in [0.4, 0.5) is 9.59 Å². The first-order valence-corrected chi connectivity index (χ1v) is 4.43. The van der Waals surface area contributed by atoms with E-state index in [1.54, 1.807) is 0 Å². The van der Waals surface area contributed by atoms with Crippen molar-refractivity contribution in [2.75, 3.05) is 7.05 Å². The molecule has 0 heterocycles. The minimum absolute atomic E-state index is 0.330. The number of hydrogen-bond acceptors (Lipinski definition) is 3. The van der Waals surface area contributed by atoms with Crippen LogP contribution in [0.25, 0.3) is 0 Å². The molecule has 0 aliphatic heterocycles. The van der Waals surface area contributed by atoms with E-state index in [1.165, 1.54) is 7.05 Å². The third kappa shape index (κ3) is 4.12. The maximum atomic E-state index is 11.0. The van der Waals surface area contributed by atoms with Gasteiger partial charge in [0.25, 0.3) is 0 Å². The highest BCUT2D eigenvalue weighted by atomic mass is 16.6. The molecule has 1 aromatic rings. The number of rotatable bonds is 2. The molecule has 0 aliphatic carbocycles. The van der Waals surface area contributed by atoms with Crippen LogP contribution < -0.4 is 10.6 Å². The Kier molecular flexibility index (Phi) is 4.15. The number of hydrogen-bond donors (Lipinski definition) is 2. The van der Waals surface area contributed by atoms with E-state index in [4.69, 9.17) is 0 Å². The molecule has 0 atom stereocenters. The van der Waals surface area contributed by atoms with Crippen LogP contribution in [0.2, 0.25) is 0 Å². The van der Waals surface area contributed by atoms with Crippen LogP contribution >= 0.6 is 0 Å². The van der Waals surface area contributed by atoms with Crippen LogP contribution in [0.15, 0.2) is 30.3 Å². The molecule has 2 amide bonds. The van der Waals surface area contributed by atoms with E-state index in [2.05, 4.69) is 15.4 Å². The summed E-state index contributed by atoms with van der Waals surface area (Å²) in [6, 6.07) is 9.33. The summed E-state index contributed by atoms with van der Waals surface area (Å²) >= 11 is 0. The van der Waals surface area contributed by atoms with E-state index in [0.717, 1.165) is 5.56 Å². The molecule has 5 heteroatoms. The lowest BCUT2D eigenvalue weighted by Crippen LogP contribution is -2.30. The normalized spacial score (nSPS) is 9.13. The first-order chi connectivity index (χ1) is 7.22. The van der Waals surface area contributed by atoms with Gasteiger partial charge in [-0.25, -0.2) is 9.59 Å². The van der Waals surface area contributed by atoms with Gasteiger partial charge in [-0.3, -0.25) is 0 Å². The zero-order valence-corrected chi connectivity index (χ0v) is 8.32. The van der Waals surface area contributed by atoms with Crippen molar-refractivity contribution in [1.82, 2.24) is 10.6 Å². The Labute approximate surface area is 87.4 Å². The summed E-state index contributed by atoms with van der Waals surface area (Å²) in [5.41, 5.74) is 0.936. The fourth-order valence-electron chi connectivity index (χ4n) is 0.941. The Morgan fingerprint density at radius 1 is 1.20 bits per heavy atom. The molecule has 2 N–H and O–H groups in total. The summed E-state index contributed by atoms with van der Waals surface area (Å²) in [6.45, 7) is 0.330. The van der Waals surface area contributed by atoms with Crippen molar-refractivity contribution in [1.29, 1.82) is 0 Å². The van der Waals surface area contributed by atoms with Crippen LogP contribution in [0.1, 0.15) is 5.56 Å². The van der Waals surface area contributed by atoms with Crippen molar-refractivity contribution in [3.05, 3.63) is 35.9 Å². The van der Waals surface area contributed by atoms with E-state index < -0.39 is 12.2 Å². The van der Waals surface area contributed by atoms with Crippen LogP contribution in [-0.2, 0) is 11.3 Å². The average Bonchev–Trinajstić information content (AvgIpc) is 2.27. The number of benzene rings is 1. The minimum atomic E-state index is -0.777. The van der Waals surface area contributed by atoms with Gasteiger partial charge in [-0.15, -0.1) is 0 Å². The van der Waals surface area contributed by atoms with Gasteiger partial charge in [-0.2, -0.15) is 0 Å². The lowest BCUT2D eigenvalue weighted by molar-refractivity contribution is 0.151. The Morgan fingerprint density at radius 2 is 1.87 bits per heavy atom. The molecule has 0 fully saturated rings. The van der Waals surface area contributed by atoms with Gasteiger partial charge >= 0.3 is 12.2 Å². The molecule has 0 bridgehead atoms. The number of carbonyl (C=O) groups is 2. The second-order valence-corrected chi connectivity index (χ2v) is 2.77. The van der Waals surface area contributed by atoms with Crippen LogP contribution in [0.5, 0.6) is 0 Å². The summed E-state index contributed by atoms with van der Waals surface area (Å²) in [6.07, 6.45) is -1.54. The molecule has 1 rings (SSSR count). The highest BCUT2D eigenvalue weighted by molar-refractivity contribution is 5.83.